The number of carbonyl (C=O) groups is 1. The van der Waals surface area contributed by atoms with Crippen LogP contribution in [0.2, 0.25) is 0 Å². The van der Waals surface area contributed by atoms with Crippen LogP contribution in [-0.4, -0.2) is 36.4 Å². The van der Waals surface area contributed by atoms with E-state index >= 15 is 0 Å². The van der Waals surface area contributed by atoms with Gasteiger partial charge >= 0.3 is 5.97 Å². The van der Waals surface area contributed by atoms with Gasteiger partial charge in [0.15, 0.2) is 21.2 Å². The highest BCUT2D eigenvalue weighted by Crippen LogP contribution is 2.42. The minimum Gasteiger partial charge on any atom is -0.497 e. The molecular weight excluding hydrogens is 444 g/mol. The molecule has 2 aromatic carbocycles. The van der Waals surface area contributed by atoms with Gasteiger partial charge < -0.3 is 14.0 Å². The molecule has 3 aromatic rings. The fourth-order valence-electron chi connectivity index (χ4n) is 4.16. The Bertz CT molecular complexity index is 1260. The molecule has 1 heterocycles. The molecule has 8 nitrogen and oxygen atoms in total. The molecule has 9 heteroatoms. The van der Waals surface area contributed by atoms with Crippen LogP contribution in [0.1, 0.15) is 42.6 Å². The van der Waals surface area contributed by atoms with E-state index in [1.165, 1.54) is 0 Å². The third-order valence-corrected chi connectivity index (χ3v) is 8.69. The van der Waals surface area contributed by atoms with Crippen LogP contribution in [0.15, 0.2) is 51.9 Å². The third kappa shape index (κ3) is 4.25. The van der Waals surface area contributed by atoms with Gasteiger partial charge in [-0.05, 0) is 68.1 Å². The molecule has 0 spiro atoms. The summed E-state index contributed by atoms with van der Waals surface area (Å²) < 4.78 is 41.6. The minimum atomic E-state index is -3.95. The Kier molecular flexibility index (Phi) is 6.25. The van der Waals surface area contributed by atoms with Crippen molar-refractivity contribution in [1.82, 2.24) is 10.1 Å². The first-order valence-electron chi connectivity index (χ1n) is 10.7. The highest BCUT2D eigenvalue weighted by molar-refractivity contribution is 7.93. The Hall–Kier alpha value is -3.20. The predicted molar refractivity (Wildman–Crippen MR) is 120 cm³/mol. The van der Waals surface area contributed by atoms with Gasteiger partial charge in [0.2, 0.25) is 5.82 Å². The lowest BCUT2D eigenvalue weighted by Crippen LogP contribution is -2.45. The largest absolute Gasteiger partial charge is 0.497 e. The monoisotopic (exact) mass is 470 g/mol. The highest BCUT2D eigenvalue weighted by atomic mass is 32.2. The second kappa shape index (κ2) is 8.97. The Morgan fingerprint density at radius 2 is 1.79 bits per heavy atom. The van der Waals surface area contributed by atoms with Crippen molar-refractivity contribution in [3.63, 3.8) is 0 Å². The summed E-state index contributed by atoms with van der Waals surface area (Å²) in [5.74, 6) is 0.352. The SMILES string of the molecule is COc1ccc(-c2nc(COC(=O)C3(S(=O)(=O)c4cc(C)ccc4C)CCCC3)no2)cc1. The lowest BCUT2D eigenvalue weighted by molar-refractivity contribution is -0.148. The first-order valence-corrected chi connectivity index (χ1v) is 12.2. The molecule has 0 bridgehead atoms. The maximum absolute atomic E-state index is 13.7. The first-order chi connectivity index (χ1) is 15.8. The molecule has 0 radical (unpaired) electrons. The molecule has 1 fully saturated rings. The van der Waals surface area contributed by atoms with Gasteiger partial charge in [0.05, 0.1) is 12.0 Å². The summed E-state index contributed by atoms with van der Waals surface area (Å²) in [5, 5.41) is 3.86. The van der Waals surface area contributed by atoms with Crippen molar-refractivity contribution in [3.8, 4) is 17.2 Å². The van der Waals surface area contributed by atoms with E-state index in [4.69, 9.17) is 14.0 Å². The van der Waals surface area contributed by atoms with Crippen LogP contribution in [0.5, 0.6) is 5.75 Å². The number of esters is 1. The summed E-state index contributed by atoms with van der Waals surface area (Å²) in [4.78, 5) is 17.6. The summed E-state index contributed by atoms with van der Waals surface area (Å²) in [7, 11) is -2.38. The molecule has 0 amide bonds. The van der Waals surface area contributed by atoms with E-state index in [0.29, 0.717) is 29.7 Å². The van der Waals surface area contributed by atoms with E-state index in [2.05, 4.69) is 10.1 Å². The second-order valence-corrected chi connectivity index (χ2v) is 10.5. The zero-order chi connectivity index (χ0) is 23.6. The number of benzene rings is 2. The lowest BCUT2D eigenvalue weighted by Gasteiger charge is -2.27. The van der Waals surface area contributed by atoms with Crippen LogP contribution in [0, 0.1) is 13.8 Å². The average Bonchev–Trinajstić information content (AvgIpc) is 3.50. The van der Waals surface area contributed by atoms with Crippen molar-refractivity contribution in [3.05, 3.63) is 59.4 Å². The van der Waals surface area contributed by atoms with Crippen molar-refractivity contribution in [1.29, 1.82) is 0 Å². The van der Waals surface area contributed by atoms with Gasteiger partial charge in [0.1, 0.15) is 5.75 Å². The average molecular weight is 471 g/mol. The number of aryl methyl sites for hydroxylation is 2. The van der Waals surface area contributed by atoms with Gasteiger partial charge in [-0.3, -0.25) is 4.79 Å². The summed E-state index contributed by atoms with van der Waals surface area (Å²) in [6.45, 7) is 3.29. The van der Waals surface area contributed by atoms with Crippen LogP contribution >= 0.6 is 0 Å². The van der Waals surface area contributed by atoms with Gasteiger partial charge in [-0.1, -0.05) is 30.1 Å². The Morgan fingerprint density at radius 3 is 2.45 bits per heavy atom. The number of ether oxygens (including phenoxy) is 2. The molecule has 33 heavy (non-hydrogen) atoms. The molecule has 0 unspecified atom stereocenters. The Balaban J connectivity index is 1.54. The third-order valence-electron chi connectivity index (χ3n) is 6.07. The molecule has 1 aliphatic carbocycles. The molecule has 1 saturated carbocycles. The zero-order valence-corrected chi connectivity index (χ0v) is 19.6. The van der Waals surface area contributed by atoms with Gasteiger partial charge in [-0.2, -0.15) is 4.98 Å². The normalized spacial score (nSPS) is 15.4. The number of aromatic nitrogens is 2. The van der Waals surface area contributed by atoms with E-state index in [1.54, 1.807) is 50.4 Å². The fourth-order valence-corrected chi connectivity index (χ4v) is 6.52. The van der Waals surface area contributed by atoms with Crippen LogP contribution < -0.4 is 4.74 Å². The summed E-state index contributed by atoms with van der Waals surface area (Å²) in [5.41, 5.74) is 2.12. The highest BCUT2D eigenvalue weighted by Gasteiger charge is 2.54. The number of rotatable bonds is 7. The number of nitrogens with zero attached hydrogens (tertiary/aromatic N) is 2. The maximum Gasteiger partial charge on any atom is 0.328 e. The van der Waals surface area contributed by atoms with E-state index in [9.17, 15) is 13.2 Å². The van der Waals surface area contributed by atoms with E-state index in [-0.39, 0.29) is 36.1 Å². The van der Waals surface area contributed by atoms with Crippen LogP contribution in [0.4, 0.5) is 0 Å². The minimum absolute atomic E-state index is 0.159. The number of sulfone groups is 1. The number of hydrogen-bond donors (Lipinski definition) is 0. The van der Waals surface area contributed by atoms with Crippen molar-refractivity contribution in [2.75, 3.05) is 7.11 Å². The van der Waals surface area contributed by atoms with Gasteiger partial charge in [-0.15, -0.1) is 0 Å². The molecular formula is C24H26N2O6S. The van der Waals surface area contributed by atoms with Crippen molar-refractivity contribution in [2.45, 2.75) is 55.8 Å². The number of hydrogen-bond acceptors (Lipinski definition) is 8. The molecule has 0 saturated heterocycles. The summed E-state index contributed by atoms with van der Waals surface area (Å²) in [6, 6.07) is 12.3. The molecule has 4 rings (SSSR count). The Morgan fingerprint density at radius 1 is 1.09 bits per heavy atom. The zero-order valence-electron chi connectivity index (χ0n) is 18.8. The van der Waals surface area contributed by atoms with Gasteiger partial charge in [-0.25, -0.2) is 8.42 Å². The number of carbonyl (C=O) groups excluding carboxylic acids is 1. The maximum atomic E-state index is 13.7. The van der Waals surface area contributed by atoms with E-state index in [1.807, 2.05) is 13.0 Å². The van der Waals surface area contributed by atoms with Crippen LogP contribution in [-0.2, 0) is 26.0 Å². The molecule has 0 N–H and O–H groups in total. The van der Waals surface area contributed by atoms with E-state index in [0.717, 1.165) is 5.56 Å². The van der Waals surface area contributed by atoms with Crippen LogP contribution in [0.3, 0.4) is 0 Å². The fraction of sp³-hybridized carbons (Fsp3) is 0.375. The van der Waals surface area contributed by atoms with Crippen molar-refractivity contribution in [2.24, 2.45) is 0 Å². The number of methoxy groups -OCH3 is 1. The summed E-state index contributed by atoms with van der Waals surface area (Å²) in [6.07, 6.45) is 1.74. The first kappa shape index (κ1) is 23.0. The van der Waals surface area contributed by atoms with Gasteiger partial charge in [0.25, 0.3) is 5.89 Å². The smallest absolute Gasteiger partial charge is 0.328 e. The van der Waals surface area contributed by atoms with E-state index < -0.39 is 20.6 Å². The molecule has 0 aliphatic heterocycles. The topological polar surface area (TPSA) is 109 Å². The molecule has 174 valence electrons. The lowest BCUT2D eigenvalue weighted by atomic mass is 10.1. The van der Waals surface area contributed by atoms with Crippen molar-refractivity contribution < 1.29 is 27.2 Å². The summed E-state index contributed by atoms with van der Waals surface area (Å²) >= 11 is 0. The van der Waals surface area contributed by atoms with Crippen molar-refractivity contribution >= 4 is 15.8 Å². The molecule has 1 aromatic heterocycles. The Labute approximate surface area is 192 Å². The molecule has 0 atom stereocenters. The van der Waals surface area contributed by atoms with Gasteiger partial charge in [0, 0.05) is 5.56 Å². The molecule has 1 aliphatic rings. The quantitative estimate of drug-likeness (QED) is 0.473. The predicted octanol–water partition coefficient (Wildman–Crippen LogP) is 4.19. The standard InChI is InChI=1S/C24H26N2O6S/c1-16-6-7-17(2)20(14-16)33(28,29)24(12-4-5-13-24)23(27)31-15-21-25-22(32-26-21)18-8-10-19(30-3)11-9-18/h6-11,14H,4-5,12-13,15H2,1-3H3. The van der Waals surface area contributed by atoms with Crippen LogP contribution in [0.25, 0.3) is 11.5 Å². The second-order valence-electron chi connectivity index (χ2n) is 8.29.